The van der Waals surface area contributed by atoms with Gasteiger partial charge in [-0.3, -0.25) is 11.3 Å². The first kappa shape index (κ1) is 14.9. The van der Waals surface area contributed by atoms with E-state index < -0.39 is 0 Å². The fourth-order valence-electron chi connectivity index (χ4n) is 3.29. The van der Waals surface area contributed by atoms with Crippen LogP contribution in [-0.4, -0.2) is 11.0 Å². The van der Waals surface area contributed by atoms with E-state index in [0.717, 1.165) is 12.3 Å². The van der Waals surface area contributed by atoms with Crippen LogP contribution in [0.5, 0.6) is 0 Å². The van der Waals surface area contributed by atoms with E-state index in [1.54, 1.807) is 11.3 Å². The number of nitrogens with two attached hydrogens (primary N) is 1. The van der Waals surface area contributed by atoms with Gasteiger partial charge in [-0.25, -0.2) is 4.98 Å². The zero-order valence-electron chi connectivity index (χ0n) is 12.4. The molecular weight excluding hydrogens is 254 g/mol. The summed E-state index contributed by atoms with van der Waals surface area (Å²) >= 11 is 1.73. The Kier molecular flexibility index (Phi) is 4.98. The molecule has 1 fully saturated rings. The molecule has 0 radical (unpaired) electrons. The van der Waals surface area contributed by atoms with Gasteiger partial charge in [0.25, 0.3) is 0 Å². The molecule has 1 atom stereocenters. The number of rotatable bonds is 4. The molecule has 1 aromatic heterocycles. The molecular formula is C15H27N3S. The van der Waals surface area contributed by atoms with Crippen molar-refractivity contribution in [1.29, 1.82) is 0 Å². The second-order valence-electron chi connectivity index (χ2n) is 6.88. The molecule has 1 saturated carbocycles. The van der Waals surface area contributed by atoms with Gasteiger partial charge in [0.15, 0.2) is 0 Å². The molecule has 0 amide bonds. The van der Waals surface area contributed by atoms with Crippen molar-refractivity contribution in [3.8, 4) is 0 Å². The van der Waals surface area contributed by atoms with Crippen molar-refractivity contribution in [2.75, 3.05) is 0 Å². The van der Waals surface area contributed by atoms with Gasteiger partial charge in [0.1, 0.15) is 0 Å². The minimum Gasteiger partial charge on any atom is -0.271 e. The van der Waals surface area contributed by atoms with Gasteiger partial charge in [-0.1, -0.05) is 20.8 Å². The molecule has 1 aliphatic carbocycles. The molecule has 108 valence electrons. The fraction of sp³-hybridized carbons (Fsp3) is 0.800. The van der Waals surface area contributed by atoms with Gasteiger partial charge in [0.2, 0.25) is 0 Å². The van der Waals surface area contributed by atoms with Gasteiger partial charge in [0.05, 0.1) is 5.01 Å². The molecule has 0 saturated heterocycles. The minimum absolute atomic E-state index is 0.382. The second-order valence-corrected chi connectivity index (χ2v) is 7.86. The number of hydrazine groups is 1. The standard InChI is InChI=1S/C15H27N3S/c1-15(2,3)12-6-4-11(5-7-12)13(18-16)10-14-17-8-9-19-14/h8-9,11-13,18H,4-7,10,16H2,1-3H3. The molecule has 3 N–H and O–H groups in total. The third kappa shape index (κ3) is 4.01. The summed E-state index contributed by atoms with van der Waals surface area (Å²) in [7, 11) is 0. The maximum absolute atomic E-state index is 5.77. The molecule has 1 aromatic rings. The predicted octanol–water partition coefficient (Wildman–Crippen LogP) is 3.37. The van der Waals surface area contributed by atoms with Crippen LogP contribution in [0.4, 0.5) is 0 Å². The van der Waals surface area contributed by atoms with E-state index in [1.807, 2.05) is 11.6 Å². The molecule has 19 heavy (non-hydrogen) atoms. The fourth-order valence-corrected chi connectivity index (χ4v) is 3.97. The molecule has 1 aliphatic rings. The summed E-state index contributed by atoms with van der Waals surface area (Å²) in [6.45, 7) is 7.10. The van der Waals surface area contributed by atoms with Crippen LogP contribution in [0.15, 0.2) is 11.6 Å². The first-order chi connectivity index (χ1) is 9.00. The lowest BCUT2D eigenvalue weighted by atomic mass is 9.68. The highest BCUT2D eigenvalue weighted by molar-refractivity contribution is 7.09. The Labute approximate surface area is 121 Å². The van der Waals surface area contributed by atoms with Gasteiger partial charge in [-0.15, -0.1) is 11.3 Å². The molecule has 3 nitrogen and oxygen atoms in total. The minimum atomic E-state index is 0.382. The van der Waals surface area contributed by atoms with Crippen molar-refractivity contribution in [3.05, 3.63) is 16.6 Å². The highest BCUT2D eigenvalue weighted by Crippen LogP contribution is 2.40. The lowest BCUT2D eigenvalue weighted by Gasteiger charge is -2.39. The van der Waals surface area contributed by atoms with Crippen molar-refractivity contribution in [2.45, 2.75) is 58.9 Å². The summed E-state index contributed by atoms with van der Waals surface area (Å²) in [6, 6.07) is 0.382. The molecule has 2 rings (SSSR count). The Morgan fingerprint density at radius 3 is 2.53 bits per heavy atom. The summed E-state index contributed by atoms with van der Waals surface area (Å²) in [5.41, 5.74) is 3.48. The zero-order valence-corrected chi connectivity index (χ0v) is 13.2. The zero-order chi connectivity index (χ0) is 13.9. The number of nitrogens with one attached hydrogen (secondary N) is 1. The molecule has 0 bridgehead atoms. The van der Waals surface area contributed by atoms with Gasteiger partial charge < -0.3 is 0 Å². The second kappa shape index (κ2) is 6.33. The summed E-state index contributed by atoms with van der Waals surface area (Å²) in [5.74, 6) is 7.33. The normalized spacial score (nSPS) is 26.3. The first-order valence-electron chi connectivity index (χ1n) is 7.35. The Balaban J connectivity index is 1.88. The van der Waals surface area contributed by atoms with E-state index in [1.165, 1.54) is 30.7 Å². The predicted molar refractivity (Wildman–Crippen MR) is 81.8 cm³/mol. The number of nitrogens with zero attached hydrogens (tertiary/aromatic N) is 1. The summed E-state index contributed by atoms with van der Waals surface area (Å²) in [4.78, 5) is 4.38. The highest BCUT2D eigenvalue weighted by Gasteiger charge is 2.32. The Bertz CT molecular complexity index is 361. The van der Waals surface area contributed by atoms with Crippen molar-refractivity contribution >= 4 is 11.3 Å². The van der Waals surface area contributed by atoms with Gasteiger partial charge in [-0.05, 0) is 42.9 Å². The lowest BCUT2D eigenvalue weighted by Crippen LogP contribution is -2.44. The largest absolute Gasteiger partial charge is 0.271 e. The van der Waals surface area contributed by atoms with E-state index in [0.29, 0.717) is 17.4 Å². The summed E-state index contributed by atoms with van der Waals surface area (Å²) in [6.07, 6.45) is 8.11. The van der Waals surface area contributed by atoms with Crippen LogP contribution >= 0.6 is 11.3 Å². The van der Waals surface area contributed by atoms with Crippen LogP contribution < -0.4 is 11.3 Å². The maximum atomic E-state index is 5.77. The highest BCUT2D eigenvalue weighted by atomic mass is 32.1. The number of aromatic nitrogens is 1. The van der Waals surface area contributed by atoms with Crippen molar-refractivity contribution in [2.24, 2.45) is 23.1 Å². The molecule has 1 unspecified atom stereocenters. The molecule has 0 spiro atoms. The molecule has 0 aromatic carbocycles. The van der Waals surface area contributed by atoms with E-state index in [9.17, 15) is 0 Å². The Morgan fingerprint density at radius 2 is 2.05 bits per heavy atom. The third-order valence-electron chi connectivity index (χ3n) is 4.66. The average Bonchev–Trinajstić information content (AvgIpc) is 2.88. The van der Waals surface area contributed by atoms with Crippen LogP contribution in [0, 0.1) is 17.3 Å². The lowest BCUT2D eigenvalue weighted by molar-refractivity contribution is 0.132. The molecule has 0 aliphatic heterocycles. The van der Waals surface area contributed by atoms with Crippen LogP contribution in [0.2, 0.25) is 0 Å². The van der Waals surface area contributed by atoms with E-state index >= 15 is 0 Å². The number of thiazole rings is 1. The topological polar surface area (TPSA) is 50.9 Å². The average molecular weight is 281 g/mol. The van der Waals surface area contributed by atoms with Gasteiger partial charge in [0, 0.05) is 24.0 Å². The van der Waals surface area contributed by atoms with E-state index in [4.69, 9.17) is 5.84 Å². The van der Waals surface area contributed by atoms with E-state index in [2.05, 4.69) is 31.2 Å². The summed E-state index contributed by atoms with van der Waals surface area (Å²) < 4.78 is 0. The van der Waals surface area contributed by atoms with Gasteiger partial charge in [-0.2, -0.15) is 0 Å². The molecule has 1 heterocycles. The summed E-state index contributed by atoms with van der Waals surface area (Å²) in [5, 5.41) is 3.24. The van der Waals surface area contributed by atoms with E-state index in [-0.39, 0.29) is 0 Å². The van der Waals surface area contributed by atoms with Crippen LogP contribution in [0.1, 0.15) is 51.5 Å². The number of hydrogen-bond acceptors (Lipinski definition) is 4. The molecule has 4 heteroatoms. The SMILES string of the molecule is CC(C)(C)C1CCC(C(Cc2nccs2)NN)CC1. The van der Waals surface area contributed by atoms with Gasteiger partial charge >= 0.3 is 0 Å². The first-order valence-corrected chi connectivity index (χ1v) is 8.23. The van der Waals surface area contributed by atoms with Crippen LogP contribution in [0.3, 0.4) is 0 Å². The number of hydrogen-bond donors (Lipinski definition) is 2. The maximum Gasteiger partial charge on any atom is 0.0940 e. The van der Waals surface area contributed by atoms with Crippen LogP contribution in [0.25, 0.3) is 0 Å². The van der Waals surface area contributed by atoms with Crippen molar-refractivity contribution in [3.63, 3.8) is 0 Å². The smallest absolute Gasteiger partial charge is 0.0940 e. The van der Waals surface area contributed by atoms with Crippen molar-refractivity contribution in [1.82, 2.24) is 10.4 Å². The van der Waals surface area contributed by atoms with Crippen molar-refractivity contribution < 1.29 is 0 Å². The van der Waals surface area contributed by atoms with Crippen LogP contribution in [-0.2, 0) is 6.42 Å². The Hall–Kier alpha value is -0.450. The Morgan fingerprint density at radius 1 is 1.37 bits per heavy atom. The monoisotopic (exact) mass is 281 g/mol. The third-order valence-corrected chi connectivity index (χ3v) is 5.46. The quantitative estimate of drug-likeness (QED) is 0.657.